The quantitative estimate of drug-likeness (QED) is 0.652. The van der Waals surface area contributed by atoms with Crippen LogP contribution in [0.2, 0.25) is 0 Å². The molecule has 2 rings (SSSR count). The van der Waals surface area contributed by atoms with Gasteiger partial charge in [0, 0.05) is 24.1 Å². The van der Waals surface area contributed by atoms with Crippen molar-refractivity contribution in [2.75, 3.05) is 12.8 Å². The Hall–Kier alpha value is -2.37. The molecule has 0 unspecified atom stereocenters. The van der Waals surface area contributed by atoms with E-state index in [4.69, 9.17) is 10.3 Å². The van der Waals surface area contributed by atoms with Gasteiger partial charge in [-0.1, -0.05) is 5.16 Å². The maximum atomic E-state index is 11.0. The Morgan fingerprint density at radius 1 is 1.37 bits per heavy atom. The molecule has 0 aliphatic heterocycles. The highest BCUT2D eigenvalue weighted by Gasteiger charge is 2.09. The summed E-state index contributed by atoms with van der Waals surface area (Å²) in [5.41, 5.74) is 7.14. The minimum absolute atomic E-state index is 0.238. The lowest BCUT2D eigenvalue weighted by molar-refractivity contribution is -0.140. The summed E-state index contributed by atoms with van der Waals surface area (Å²) in [6.45, 7) is 0. The molecule has 1 aromatic heterocycles. The fourth-order valence-corrected chi connectivity index (χ4v) is 1.59. The molecule has 2 aromatic rings. The SMILES string of the molecule is COC(=O)CCCc1nc(-c2ccc(N)cc2)no1. The van der Waals surface area contributed by atoms with E-state index < -0.39 is 0 Å². The lowest BCUT2D eigenvalue weighted by atomic mass is 10.2. The lowest BCUT2D eigenvalue weighted by Gasteiger charge is -1.96. The molecule has 1 heterocycles. The largest absolute Gasteiger partial charge is 0.469 e. The van der Waals surface area contributed by atoms with E-state index >= 15 is 0 Å². The summed E-state index contributed by atoms with van der Waals surface area (Å²) in [7, 11) is 1.37. The van der Waals surface area contributed by atoms with Crippen molar-refractivity contribution in [3.05, 3.63) is 30.2 Å². The van der Waals surface area contributed by atoms with Crippen LogP contribution in [0.1, 0.15) is 18.7 Å². The first-order valence-electron chi connectivity index (χ1n) is 5.94. The first-order chi connectivity index (χ1) is 9.19. The average Bonchev–Trinajstić information content (AvgIpc) is 2.88. The van der Waals surface area contributed by atoms with Gasteiger partial charge in [0.15, 0.2) is 0 Å². The second-order valence-corrected chi connectivity index (χ2v) is 4.06. The van der Waals surface area contributed by atoms with Crippen LogP contribution in [0.15, 0.2) is 28.8 Å². The topological polar surface area (TPSA) is 91.2 Å². The molecule has 0 saturated heterocycles. The Morgan fingerprint density at radius 3 is 2.79 bits per heavy atom. The van der Waals surface area contributed by atoms with Crippen LogP contribution in [-0.4, -0.2) is 23.2 Å². The fraction of sp³-hybridized carbons (Fsp3) is 0.308. The number of nitrogens with two attached hydrogens (primary N) is 1. The third kappa shape index (κ3) is 3.54. The van der Waals surface area contributed by atoms with E-state index in [0.717, 1.165) is 5.56 Å². The highest BCUT2D eigenvalue weighted by molar-refractivity contribution is 5.69. The molecule has 0 atom stereocenters. The molecular weight excluding hydrogens is 246 g/mol. The molecule has 0 fully saturated rings. The van der Waals surface area contributed by atoms with Gasteiger partial charge >= 0.3 is 5.97 Å². The minimum atomic E-state index is -0.238. The van der Waals surface area contributed by atoms with Crippen LogP contribution in [0.5, 0.6) is 0 Å². The smallest absolute Gasteiger partial charge is 0.305 e. The van der Waals surface area contributed by atoms with Gasteiger partial charge < -0.3 is 15.0 Å². The second kappa shape index (κ2) is 5.99. The Morgan fingerprint density at radius 2 is 2.11 bits per heavy atom. The summed E-state index contributed by atoms with van der Waals surface area (Å²) < 4.78 is 9.68. The Labute approximate surface area is 110 Å². The van der Waals surface area contributed by atoms with Crippen molar-refractivity contribution in [2.45, 2.75) is 19.3 Å². The van der Waals surface area contributed by atoms with Crippen molar-refractivity contribution in [3.63, 3.8) is 0 Å². The van der Waals surface area contributed by atoms with E-state index in [1.54, 1.807) is 12.1 Å². The number of aryl methyl sites for hydroxylation is 1. The summed E-state index contributed by atoms with van der Waals surface area (Å²) in [6.07, 6.45) is 1.52. The maximum Gasteiger partial charge on any atom is 0.305 e. The molecule has 0 aliphatic rings. The van der Waals surface area contributed by atoms with Gasteiger partial charge in [-0.2, -0.15) is 4.98 Å². The number of nitrogen functional groups attached to an aromatic ring is 1. The third-order valence-corrected chi connectivity index (χ3v) is 2.64. The molecule has 0 amide bonds. The first-order valence-corrected chi connectivity index (χ1v) is 5.94. The number of aromatic nitrogens is 2. The number of ether oxygens (including phenoxy) is 1. The summed E-state index contributed by atoms with van der Waals surface area (Å²) in [6, 6.07) is 7.22. The van der Waals surface area contributed by atoms with Crippen molar-refractivity contribution in [3.8, 4) is 11.4 Å². The number of anilines is 1. The summed E-state index contributed by atoms with van der Waals surface area (Å²) in [4.78, 5) is 15.2. The zero-order chi connectivity index (χ0) is 13.7. The van der Waals surface area contributed by atoms with Crippen molar-refractivity contribution in [1.82, 2.24) is 10.1 Å². The van der Waals surface area contributed by atoms with Gasteiger partial charge in [-0.25, -0.2) is 0 Å². The average molecular weight is 261 g/mol. The van der Waals surface area contributed by atoms with Gasteiger partial charge in [0.2, 0.25) is 11.7 Å². The number of methoxy groups -OCH3 is 1. The monoisotopic (exact) mass is 261 g/mol. The van der Waals surface area contributed by atoms with Gasteiger partial charge in [0.05, 0.1) is 7.11 Å². The number of rotatable bonds is 5. The van der Waals surface area contributed by atoms with Crippen LogP contribution in [0.4, 0.5) is 5.69 Å². The van der Waals surface area contributed by atoms with Crippen LogP contribution >= 0.6 is 0 Å². The van der Waals surface area contributed by atoms with Crippen LogP contribution in [0, 0.1) is 0 Å². The van der Waals surface area contributed by atoms with E-state index in [9.17, 15) is 4.79 Å². The molecule has 1 aromatic carbocycles. The molecule has 0 radical (unpaired) electrons. The van der Waals surface area contributed by atoms with Crippen molar-refractivity contribution in [2.24, 2.45) is 0 Å². The minimum Gasteiger partial charge on any atom is -0.469 e. The molecule has 100 valence electrons. The highest BCUT2D eigenvalue weighted by atomic mass is 16.5. The highest BCUT2D eigenvalue weighted by Crippen LogP contribution is 2.17. The predicted octanol–water partition coefficient (Wildman–Crippen LogP) is 1.81. The molecule has 19 heavy (non-hydrogen) atoms. The molecule has 6 nitrogen and oxygen atoms in total. The maximum absolute atomic E-state index is 11.0. The van der Waals surface area contributed by atoms with E-state index in [1.165, 1.54) is 7.11 Å². The molecule has 0 bridgehead atoms. The Balaban J connectivity index is 1.95. The van der Waals surface area contributed by atoms with Gasteiger partial charge in [-0.05, 0) is 30.7 Å². The Bertz CT molecular complexity index is 549. The Kier molecular flexibility index (Phi) is 4.12. The van der Waals surface area contributed by atoms with Gasteiger partial charge in [-0.3, -0.25) is 4.79 Å². The standard InChI is InChI=1S/C13H15N3O3/c1-18-12(17)4-2-3-11-15-13(16-19-11)9-5-7-10(14)8-6-9/h5-8H,2-4,14H2,1H3. The number of carbonyl (C=O) groups excluding carboxylic acids is 1. The molecule has 0 aliphatic carbocycles. The number of benzene rings is 1. The van der Waals surface area contributed by atoms with Gasteiger partial charge in [-0.15, -0.1) is 0 Å². The molecule has 6 heteroatoms. The van der Waals surface area contributed by atoms with E-state index in [2.05, 4.69) is 14.9 Å². The number of esters is 1. The first kappa shape index (κ1) is 13.1. The van der Waals surface area contributed by atoms with E-state index in [0.29, 0.717) is 36.7 Å². The van der Waals surface area contributed by atoms with Crippen molar-refractivity contribution < 1.29 is 14.1 Å². The van der Waals surface area contributed by atoms with Crippen LogP contribution < -0.4 is 5.73 Å². The molecule has 0 spiro atoms. The molecular formula is C13H15N3O3. The van der Waals surface area contributed by atoms with Crippen LogP contribution in [0.25, 0.3) is 11.4 Å². The number of nitrogens with zero attached hydrogens (tertiary/aromatic N) is 2. The van der Waals surface area contributed by atoms with E-state index in [1.807, 2.05) is 12.1 Å². The molecule has 0 saturated carbocycles. The van der Waals surface area contributed by atoms with Gasteiger partial charge in [0.1, 0.15) is 0 Å². The van der Waals surface area contributed by atoms with Crippen molar-refractivity contribution >= 4 is 11.7 Å². The number of hydrogen-bond donors (Lipinski definition) is 1. The normalized spacial score (nSPS) is 10.4. The zero-order valence-corrected chi connectivity index (χ0v) is 10.6. The molecule has 2 N–H and O–H groups in total. The second-order valence-electron chi connectivity index (χ2n) is 4.06. The summed E-state index contributed by atoms with van der Waals surface area (Å²) in [5.74, 6) is 0.794. The zero-order valence-electron chi connectivity index (χ0n) is 10.6. The number of carbonyl (C=O) groups is 1. The summed E-state index contributed by atoms with van der Waals surface area (Å²) >= 11 is 0. The third-order valence-electron chi connectivity index (χ3n) is 2.64. The van der Waals surface area contributed by atoms with Gasteiger partial charge in [0.25, 0.3) is 0 Å². The predicted molar refractivity (Wildman–Crippen MR) is 69.1 cm³/mol. The lowest BCUT2D eigenvalue weighted by Crippen LogP contribution is -2.00. The van der Waals surface area contributed by atoms with E-state index in [-0.39, 0.29) is 5.97 Å². The van der Waals surface area contributed by atoms with Crippen LogP contribution in [-0.2, 0) is 16.0 Å². The summed E-state index contributed by atoms with van der Waals surface area (Å²) in [5, 5.41) is 3.89. The fourth-order valence-electron chi connectivity index (χ4n) is 1.59. The number of hydrogen-bond acceptors (Lipinski definition) is 6. The van der Waals surface area contributed by atoms with Crippen molar-refractivity contribution in [1.29, 1.82) is 0 Å². The van der Waals surface area contributed by atoms with Crippen LogP contribution in [0.3, 0.4) is 0 Å².